The van der Waals surface area contributed by atoms with Crippen LogP contribution < -0.4 is 0 Å². The zero-order valence-electron chi connectivity index (χ0n) is 34.9. The number of hydrogen-bond acceptors (Lipinski definition) is 5. The molecule has 0 bridgehead atoms. The SMILES string of the molecule is c1ccc(-c2ccc(-c3nc(-c4ccccc4)nc(-n4c5ccccc5c5ccc6c7ccccc7n(-c7cccc8nc(-c9ccccc9-c9ccccc9)oc78)c6c54)n3)cc2)cc1. The highest BCUT2D eigenvalue weighted by Gasteiger charge is 2.25. The maximum absolute atomic E-state index is 6.95. The summed E-state index contributed by atoms with van der Waals surface area (Å²) >= 11 is 0. The molecule has 0 saturated carbocycles. The zero-order chi connectivity index (χ0) is 42.8. The van der Waals surface area contributed by atoms with Crippen LogP contribution in [0.5, 0.6) is 0 Å². The standard InChI is InChI=1S/C58H36N6O/c1-4-17-37(18-5-1)38-31-33-41(34-32-38)56-60-55(40-21-8-3-9-22-40)61-58(62-56)64-50-29-15-13-25-44(50)46-36-35-45-43-24-12-14-28-49(43)63(52(45)53(46)64)51-30-16-27-48-54(51)65-57(59-48)47-26-11-10-23-42(47)39-19-6-2-7-20-39/h1-36H. The third kappa shape index (κ3) is 5.98. The van der Waals surface area contributed by atoms with Gasteiger partial charge in [-0.2, -0.15) is 9.97 Å². The first-order valence-electron chi connectivity index (χ1n) is 21.7. The molecular weight excluding hydrogens is 797 g/mol. The molecule has 9 aromatic carbocycles. The zero-order valence-corrected chi connectivity index (χ0v) is 34.9. The number of benzene rings is 9. The average molecular weight is 833 g/mol. The molecule has 0 N–H and O–H groups in total. The van der Waals surface area contributed by atoms with E-state index in [0.29, 0.717) is 29.1 Å². The Balaban J connectivity index is 1.09. The van der Waals surface area contributed by atoms with Crippen LogP contribution in [-0.4, -0.2) is 29.1 Å². The molecular formula is C58H36N6O. The summed E-state index contributed by atoms with van der Waals surface area (Å²) in [5.41, 5.74) is 13.5. The van der Waals surface area contributed by atoms with Crippen molar-refractivity contribution in [2.24, 2.45) is 0 Å². The van der Waals surface area contributed by atoms with E-state index < -0.39 is 0 Å². The number of rotatable bonds is 7. The summed E-state index contributed by atoms with van der Waals surface area (Å²) in [7, 11) is 0. The van der Waals surface area contributed by atoms with Crippen molar-refractivity contribution in [1.82, 2.24) is 29.1 Å². The molecule has 7 nitrogen and oxygen atoms in total. The molecule has 4 aromatic heterocycles. The molecule has 0 atom stereocenters. The molecule has 0 fully saturated rings. The van der Waals surface area contributed by atoms with Crippen molar-refractivity contribution < 1.29 is 4.42 Å². The van der Waals surface area contributed by atoms with Crippen LogP contribution in [0.15, 0.2) is 223 Å². The molecule has 13 rings (SSSR count). The molecule has 0 amide bonds. The van der Waals surface area contributed by atoms with E-state index in [-0.39, 0.29) is 0 Å². The van der Waals surface area contributed by atoms with Crippen molar-refractivity contribution in [2.75, 3.05) is 0 Å². The summed E-state index contributed by atoms with van der Waals surface area (Å²) in [6.45, 7) is 0. The Morgan fingerprint density at radius 3 is 1.48 bits per heavy atom. The Morgan fingerprint density at radius 1 is 0.323 bits per heavy atom. The van der Waals surface area contributed by atoms with E-state index in [4.69, 9.17) is 24.4 Å². The molecule has 4 heterocycles. The first-order chi connectivity index (χ1) is 32.2. The van der Waals surface area contributed by atoms with Gasteiger partial charge in [-0.3, -0.25) is 4.57 Å². The summed E-state index contributed by atoms with van der Waals surface area (Å²) < 4.78 is 11.5. The van der Waals surface area contributed by atoms with Crippen LogP contribution >= 0.6 is 0 Å². The van der Waals surface area contributed by atoms with E-state index in [2.05, 4.69) is 173 Å². The van der Waals surface area contributed by atoms with Gasteiger partial charge in [0.15, 0.2) is 17.2 Å². The molecule has 0 radical (unpaired) electrons. The highest BCUT2D eigenvalue weighted by molar-refractivity contribution is 6.24. The van der Waals surface area contributed by atoms with Crippen LogP contribution in [0.4, 0.5) is 0 Å². The number of nitrogens with zero attached hydrogens (tertiary/aromatic N) is 6. The third-order valence-electron chi connectivity index (χ3n) is 12.5. The molecule has 0 aliphatic carbocycles. The van der Waals surface area contributed by atoms with Crippen molar-refractivity contribution >= 4 is 54.7 Å². The van der Waals surface area contributed by atoms with Crippen molar-refractivity contribution in [3.05, 3.63) is 218 Å². The maximum Gasteiger partial charge on any atom is 0.238 e. The minimum absolute atomic E-state index is 0.522. The number of para-hydroxylation sites is 3. The van der Waals surface area contributed by atoms with Gasteiger partial charge in [-0.1, -0.05) is 188 Å². The van der Waals surface area contributed by atoms with Gasteiger partial charge < -0.3 is 8.98 Å². The monoisotopic (exact) mass is 832 g/mol. The van der Waals surface area contributed by atoms with Crippen LogP contribution in [0.3, 0.4) is 0 Å². The second-order valence-corrected chi connectivity index (χ2v) is 16.2. The molecule has 0 saturated heterocycles. The number of hydrogen-bond donors (Lipinski definition) is 0. The fraction of sp³-hybridized carbons (Fsp3) is 0. The molecule has 304 valence electrons. The van der Waals surface area contributed by atoms with Crippen LogP contribution in [0, 0.1) is 0 Å². The minimum Gasteiger partial charge on any atom is -0.434 e. The molecule has 7 heteroatoms. The number of oxazole rings is 1. The largest absolute Gasteiger partial charge is 0.434 e. The number of fused-ring (bicyclic) bond motifs is 8. The van der Waals surface area contributed by atoms with E-state index in [9.17, 15) is 0 Å². The van der Waals surface area contributed by atoms with Gasteiger partial charge in [0.1, 0.15) is 5.52 Å². The summed E-state index contributed by atoms with van der Waals surface area (Å²) in [4.78, 5) is 21.0. The Morgan fingerprint density at radius 2 is 0.815 bits per heavy atom. The Bertz CT molecular complexity index is 3930. The van der Waals surface area contributed by atoms with Crippen molar-refractivity contribution in [1.29, 1.82) is 0 Å². The predicted octanol–water partition coefficient (Wildman–Crippen LogP) is 14.5. The highest BCUT2D eigenvalue weighted by Crippen LogP contribution is 2.43. The lowest BCUT2D eigenvalue weighted by Crippen LogP contribution is -2.07. The van der Waals surface area contributed by atoms with Crippen LogP contribution in [0.2, 0.25) is 0 Å². The number of aromatic nitrogens is 6. The van der Waals surface area contributed by atoms with Crippen molar-refractivity contribution in [3.63, 3.8) is 0 Å². The van der Waals surface area contributed by atoms with Gasteiger partial charge in [-0.25, -0.2) is 9.97 Å². The van der Waals surface area contributed by atoms with Gasteiger partial charge in [0, 0.05) is 38.2 Å². The van der Waals surface area contributed by atoms with Crippen LogP contribution in [0.1, 0.15) is 0 Å². The topological polar surface area (TPSA) is 74.6 Å². The van der Waals surface area contributed by atoms with Crippen LogP contribution in [0.25, 0.3) is 123 Å². The summed E-state index contributed by atoms with van der Waals surface area (Å²) in [6, 6.07) is 75.5. The van der Waals surface area contributed by atoms with Gasteiger partial charge in [0.2, 0.25) is 11.8 Å². The van der Waals surface area contributed by atoms with E-state index in [1.54, 1.807) is 0 Å². The average Bonchev–Trinajstić information content (AvgIpc) is 4.08. The molecule has 13 aromatic rings. The first kappa shape index (κ1) is 36.7. The van der Waals surface area contributed by atoms with Gasteiger partial charge in [0.25, 0.3) is 0 Å². The predicted molar refractivity (Wildman–Crippen MR) is 263 cm³/mol. The second kappa shape index (κ2) is 14.9. The minimum atomic E-state index is 0.522. The fourth-order valence-corrected chi connectivity index (χ4v) is 9.48. The van der Waals surface area contributed by atoms with E-state index in [1.807, 2.05) is 54.6 Å². The van der Waals surface area contributed by atoms with E-state index >= 15 is 0 Å². The third-order valence-corrected chi connectivity index (χ3v) is 12.5. The smallest absolute Gasteiger partial charge is 0.238 e. The molecule has 0 unspecified atom stereocenters. The van der Waals surface area contributed by atoms with Gasteiger partial charge in [0.05, 0.1) is 27.8 Å². The summed E-state index contributed by atoms with van der Waals surface area (Å²) in [5.74, 6) is 2.26. The van der Waals surface area contributed by atoms with E-state index in [1.165, 1.54) is 0 Å². The van der Waals surface area contributed by atoms with Gasteiger partial charge >= 0.3 is 0 Å². The molecule has 65 heavy (non-hydrogen) atoms. The maximum atomic E-state index is 6.95. The summed E-state index contributed by atoms with van der Waals surface area (Å²) in [5, 5.41) is 4.38. The Labute approximate surface area is 373 Å². The van der Waals surface area contributed by atoms with Crippen molar-refractivity contribution in [2.45, 2.75) is 0 Å². The lowest BCUT2D eigenvalue weighted by atomic mass is 10.00. The van der Waals surface area contributed by atoms with Crippen molar-refractivity contribution in [3.8, 4) is 68.1 Å². The lowest BCUT2D eigenvalue weighted by Gasteiger charge is -2.13. The quantitative estimate of drug-likeness (QED) is 0.160. The summed E-state index contributed by atoms with van der Waals surface area (Å²) in [6.07, 6.45) is 0. The van der Waals surface area contributed by atoms with E-state index in [0.717, 1.165) is 93.8 Å². The lowest BCUT2D eigenvalue weighted by molar-refractivity contribution is 0.618. The molecule has 0 aliphatic rings. The first-order valence-corrected chi connectivity index (χ1v) is 21.7. The van der Waals surface area contributed by atoms with Crippen LogP contribution in [-0.2, 0) is 0 Å². The van der Waals surface area contributed by atoms with Gasteiger partial charge in [-0.05, 0) is 52.6 Å². The normalized spacial score (nSPS) is 11.7. The Kier molecular flexibility index (Phi) is 8.39. The Hall–Kier alpha value is -8.94. The molecule has 0 aliphatic heterocycles. The molecule has 0 spiro atoms. The fourth-order valence-electron chi connectivity index (χ4n) is 9.48. The van der Waals surface area contributed by atoms with Gasteiger partial charge in [-0.15, -0.1) is 0 Å². The second-order valence-electron chi connectivity index (χ2n) is 16.2. The highest BCUT2D eigenvalue weighted by atomic mass is 16.3.